The maximum Gasteiger partial charge on any atom is 0.272 e. The van der Waals surface area contributed by atoms with Crippen molar-refractivity contribution < 1.29 is 13.6 Å². The molecule has 154 valence electrons. The van der Waals surface area contributed by atoms with E-state index in [1.54, 1.807) is 13.1 Å². The van der Waals surface area contributed by atoms with Gasteiger partial charge < -0.3 is 5.32 Å². The van der Waals surface area contributed by atoms with Crippen LogP contribution >= 0.6 is 0 Å². The molecule has 5 rings (SSSR count). The van der Waals surface area contributed by atoms with Crippen LogP contribution in [-0.4, -0.2) is 30.9 Å². The largest absolute Gasteiger partial charge is 0.310 e. The van der Waals surface area contributed by atoms with E-state index in [4.69, 9.17) is 0 Å². The molecule has 0 fully saturated rings. The Hall–Kier alpha value is -4.01. The van der Waals surface area contributed by atoms with Crippen LogP contribution in [0.2, 0.25) is 0 Å². The second-order valence-electron chi connectivity index (χ2n) is 7.27. The van der Waals surface area contributed by atoms with Crippen LogP contribution < -0.4 is 5.32 Å². The second kappa shape index (κ2) is 7.35. The van der Waals surface area contributed by atoms with Gasteiger partial charge in [-0.25, -0.2) is 13.8 Å². The van der Waals surface area contributed by atoms with Gasteiger partial charge in [0.1, 0.15) is 17.5 Å². The van der Waals surface area contributed by atoms with Gasteiger partial charge in [-0.2, -0.15) is 14.9 Å². The zero-order valence-corrected chi connectivity index (χ0v) is 16.4. The highest BCUT2D eigenvalue weighted by Gasteiger charge is 2.33. The summed E-state index contributed by atoms with van der Waals surface area (Å²) >= 11 is 0. The molecule has 1 aliphatic heterocycles. The van der Waals surface area contributed by atoms with Crippen molar-refractivity contribution in [2.24, 2.45) is 0 Å². The summed E-state index contributed by atoms with van der Waals surface area (Å²) < 4.78 is 29.1. The van der Waals surface area contributed by atoms with Crippen molar-refractivity contribution >= 4 is 11.7 Å². The molecule has 0 saturated heterocycles. The lowest BCUT2D eigenvalue weighted by atomic mass is 9.85. The third kappa shape index (κ3) is 3.43. The number of nitrogens with one attached hydrogen (secondary N) is 1. The van der Waals surface area contributed by atoms with Crippen molar-refractivity contribution in [1.82, 2.24) is 25.0 Å². The van der Waals surface area contributed by atoms with Crippen LogP contribution in [0.4, 0.5) is 14.6 Å². The van der Waals surface area contributed by atoms with Gasteiger partial charge in [0.15, 0.2) is 0 Å². The number of hydrogen-bond acceptors (Lipinski definition) is 5. The van der Waals surface area contributed by atoms with E-state index in [0.717, 1.165) is 11.6 Å². The highest BCUT2D eigenvalue weighted by Crippen LogP contribution is 2.40. The van der Waals surface area contributed by atoms with E-state index in [0.29, 0.717) is 28.3 Å². The zero-order chi connectivity index (χ0) is 21.5. The Morgan fingerprint density at radius 2 is 1.84 bits per heavy atom. The number of fused-ring (bicyclic) bond motifs is 1. The van der Waals surface area contributed by atoms with Crippen LogP contribution in [0.3, 0.4) is 0 Å². The molecule has 0 radical (unpaired) electrons. The Morgan fingerprint density at radius 3 is 2.58 bits per heavy atom. The van der Waals surface area contributed by atoms with E-state index in [9.17, 15) is 13.6 Å². The Morgan fingerprint density at radius 1 is 1.10 bits per heavy atom. The fourth-order valence-electron chi connectivity index (χ4n) is 3.88. The van der Waals surface area contributed by atoms with Gasteiger partial charge >= 0.3 is 0 Å². The van der Waals surface area contributed by atoms with Gasteiger partial charge in [-0.05, 0) is 24.6 Å². The molecule has 4 aromatic rings. The molecule has 0 saturated carbocycles. The van der Waals surface area contributed by atoms with Gasteiger partial charge in [-0.3, -0.25) is 4.79 Å². The number of amides is 1. The molecule has 2 aromatic heterocycles. The minimum atomic E-state index is -0.698. The summed E-state index contributed by atoms with van der Waals surface area (Å²) in [6, 6.07) is 12.7. The predicted molar refractivity (Wildman–Crippen MR) is 109 cm³/mol. The summed E-state index contributed by atoms with van der Waals surface area (Å²) in [5.74, 6) is -1.69. The molecule has 3 heterocycles. The smallest absolute Gasteiger partial charge is 0.272 e. The molecule has 1 aliphatic rings. The number of benzene rings is 2. The SMILES string of the molecule is Cc1nn(-c2nncc(-c3ccccc3)n2)c2c1C(c1cc(F)cc(F)c1)CC(=O)N2. The van der Waals surface area contributed by atoms with E-state index in [2.05, 4.69) is 25.6 Å². The number of rotatable bonds is 3. The quantitative estimate of drug-likeness (QED) is 0.547. The minimum absolute atomic E-state index is 0.0472. The summed E-state index contributed by atoms with van der Waals surface area (Å²) in [5.41, 5.74) is 3.08. The lowest BCUT2D eigenvalue weighted by molar-refractivity contribution is -0.116. The van der Waals surface area contributed by atoms with E-state index >= 15 is 0 Å². The van der Waals surface area contributed by atoms with Gasteiger partial charge in [-0.15, -0.1) is 5.10 Å². The third-order valence-corrected chi connectivity index (χ3v) is 5.20. The molecule has 2 aromatic carbocycles. The molecule has 7 nitrogen and oxygen atoms in total. The molecule has 1 atom stereocenters. The third-order valence-electron chi connectivity index (χ3n) is 5.20. The molecular formula is C22H16F2N6O. The van der Waals surface area contributed by atoms with Crippen molar-refractivity contribution in [2.45, 2.75) is 19.3 Å². The molecule has 31 heavy (non-hydrogen) atoms. The predicted octanol–water partition coefficient (Wildman–Crippen LogP) is 3.79. The van der Waals surface area contributed by atoms with Crippen molar-refractivity contribution in [2.75, 3.05) is 5.32 Å². The number of carbonyl (C=O) groups is 1. The number of anilines is 1. The number of nitrogens with zero attached hydrogens (tertiary/aromatic N) is 5. The Bertz CT molecular complexity index is 1280. The first-order valence-electron chi connectivity index (χ1n) is 9.60. The molecule has 0 bridgehead atoms. The molecular weight excluding hydrogens is 402 g/mol. The van der Waals surface area contributed by atoms with Gasteiger partial charge in [0.05, 0.1) is 17.6 Å². The van der Waals surface area contributed by atoms with E-state index in [-0.39, 0.29) is 18.3 Å². The van der Waals surface area contributed by atoms with Crippen LogP contribution in [0.5, 0.6) is 0 Å². The molecule has 1 N–H and O–H groups in total. The van der Waals surface area contributed by atoms with Crippen LogP contribution in [0.25, 0.3) is 17.2 Å². The monoisotopic (exact) mass is 418 g/mol. The summed E-state index contributed by atoms with van der Waals surface area (Å²) in [5, 5.41) is 15.4. The summed E-state index contributed by atoms with van der Waals surface area (Å²) in [6.07, 6.45) is 1.59. The normalized spacial score (nSPS) is 15.5. The number of hydrogen-bond donors (Lipinski definition) is 1. The molecule has 1 amide bonds. The minimum Gasteiger partial charge on any atom is -0.310 e. The Kier molecular flexibility index (Phi) is 4.50. The van der Waals surface area contributed by atoms with Crippen LogP contribution in [0.15, 0.2) is 54.7 Å². The number of carbonyl (C=O) groups excluding carboxylic acids is 1. The van der Waals surface area contributed by atoms with Gasteiger partial charge in [0.2, 0.25) is 5.91 Å². The fraction of sp³-hybridized carbons (Fsp3) is 0.136. The Balaban J connectivity index is 1.64. The first-order valence-corrected chi connectivity index (χ1v) is 9.60. The lowest BCUT2D eigenvalue weighted by Gasteiger charge is -2.24. The zero-order valence-electron chi connectivity index (χ0n) is 16.4. The number of aromatic nitrogens is 5. The van der Waals surface area contributed by atoms with Crippen LogP contribution in [0, 0.1) is 18.6 Å². The van der Waals surface area contributed by atoms with E-state index < -0.39 is 17.6 Å². The first kappa shape index (κ1) is 19.0. The second-order valence-corrected chi connectivity index (χ2v) is 7.27. The lowest BCUT2D eigenvalue weighted by Crippen LogP contribution is -2.25. The molecule has 0 spiro atoms. The van der Waals surface area contributed by atoms with Crippen molar-refractivity contribution in [1.29, 1.82) is 0 Å². The summed E-state index contributed by atoms with van der Waals surface area (Å²) in [7, 11) is 0. The van der Waals surface area contributed by atoms with Gasteiger partial charge in [0.25, 0.3) is 5.95 Å². The fourth-order valence-corrected chi connectivity index (χ4v) is 3.88. The topological polar surface area (TPSA) is 85.6 Å². The molecule has 1 unspecified atom stereocenters. The number of aryl methyl sites for hydroxylation is 1. The molecule has 9 heteroatoms. The summed E-state index contributed by atoms with van der Waals surface area (Å²) in [4.78, 5) is 17.0. The standard InChI is InChI=1S/C22H16F2N6O/c1-12-20-17(14-7-15(23)9-16(24)8-14)10-19(31)27-21(20)30(29-12)22-26-18(11-25-28-22)13-5-3-2-4-6-13/h2-9,11,17H,10H2,1H3,(H,27,31). The maximum atomic E-state index is 13.8. The highest BCUT2D eigenvalue weighted by atomic mass is 19.1. The average molecular weight is 418 g/mol. The van der Waals surface area contributed by atoms with E-state index in [1.165, 1.54) is 16.8 Å². The summed E-state index contributed by atoms with van der Waals surface area (Å²) in [6.45, 7) is 1.77. The van der Waals surface area contributed by atoms with Gasteiger partial charge in [0, 0.05) is 29.5 Å². The van der Waals surface area contributed by atoms with E-state index in [1.807, 2.05) is 30.3 Å². The average Bonchev–Trinajstić information content (AvgIpc) is 3.09. The van der Waals surface area contributed by atoms with Gasteiger partial charge in [-0.1, -0.05) is 30.3 Å². The Labute approximate surface area is 175 Å². The first-order chi connectivity index (χ1) is 15.0. The van der Waals surface area contributed by atoms with Crippen LogP contribution in [0.1, 0.15) is 29.2 Å². The van der Waals surface area contributed by atoms with Crippen molar-refractivity contribution in [3.05, 3.63) is 83.2 Å². The van der Waals surface area contributed by atoms with Crippen LogP contribution in [-0.2, 0) is 4.79 Å². The van der Waals surface area contributed by atoms with Crippen molar-refractivity contribution in [3.8, 4) is 17.2 Å². The molecule has 0 aliphatic carbocycles. The highest BCUT2D eigenvalue weighted by molar-refractivity contribution is 5.95. The van der Waals surface area contributed by atoms with Crippen molar-refractivity contribution in [3.63, 3.8) is 0 Å². The maximum absolute atomic E-state index is 13.8. The number of halogens is 2.